The average Bonchev–Trinajstić information content (AvgIpc) is 3.58. The molecule has 10 aromatic rings. The summed E-state index contributed by atoms with van der Waals surface area (Å²) >= 11 is 0. The van der Waals surface area contributed by atoms with Gasteiger partial charge in [0.05, 0.1) is 11.0 Å². The van der Waals surface area contributed by atoms with Gasteiger partial charge in [-0.2, -0.15) is 0 Å². The van der Waals surface area contributed by atoms with Crippen molar-refractivity contribution in [3.63, 3.8) is 0 Å². The predicted octanol–water partition coefficient (Wildman–Crippen LogP) is 13.4. The first-order chi connectivity index (χ1) is 24.8. The number of benzene rings is 8. The predicted molar refractivity (Wildman–Crippen MR) is 212 cm³/mol. The van der Waals surface area contributed by atoms with Gasteiger partial charge in [-0.3, -0.25) is 0 Å². The molecule has 0 amide bonds. The average molecular weight is 638 g/mol. The molecule has 50 heavy (non-hydrogen) atoms. The third-order valence-corrected chi connectivity index (χ3v) is 10.0. The third-order valence-electron chi connectivity index (χ3n) is 10.0. The van der Waals surface area contributed by atoms with Crippen LogP contribution in [0.1, 0.15) is 0 Å². The third kappa shape index (κ3) is 4.57. The van der Waals surface area contributed by atoms with Gasteiger partial charge >= 0.3 is 0 Å². The van der Waals surface area contributed by atoms with E-state index in [0.29, 0.717) is 0 Å². The Morgan fingerprint density at radius 1 is 0.280 bits per heavy atom. The second-order valence-electron chi connectivity index (χ2n) is 12.9. The number of para-hydroxylation sites is 1. The van der Waals surface area contributed by atoms with E-state index in [4.69, 9.17) is 4.42 Å². The summed E-state index contributed by atoms with van der Waals surface area (Å²) in [5, 5.41) is 9.38. The molecule has 0 radical (unpaired) electrons. The van der Waals surface area contributed by atoms with Gasteiger partial charge in [-0.1, -0.05) is 140 Å². The van der Waals surface area contributed by atoms with Crippen LogP contribution in [-0.2, 0) is 0 Å². The first kappa shape index (κ1) is 28.4. The van der Waals surface area contributed by atoms with Crippen molar-refractivity contribution in [3.8, 4) is 27.9 Å². The monoisotopic (exact) mass is 637 g/mol. The molecule has 2 aromatic heterocycles. The smallest absolute Gasteiger partial charge is 0.135 e. The first-order valence-corrected chi connectivity index (χ1v) is 17.1. The largest absolute Gasteiger partial charge is 0.456 e. The number of hydrogen-bond donors (Lipinski definition) is 0. The van der Waals surface area contributed by atoms with E-state index in [1.54, 1.807) is 0 Å². The van der Waals surface area contributed by atoms with Crippen molar-refractivity contribution in [1.82, 2.24) is 4.57 Å². The molecule has 8 aromatic carbocycles. The maximum absolute atomic E-state index is 6.30. The van der Waals surface area contributed by atoms with E-state index >= 15 is 0 Å². The SMILES string of the molecule is c1ccc(-c2ccc3c(c2)c2ccccc2c2ccccc2c2cc(-c4ccccc4)ccc2n3-c2ccc3oc4ccccc4c3c2)cc1. The Hall–Kier alpha value is -6.64. The number of nitrogens with zero attached hydrogens (tertiary/aromatic N) is 1. The summed E-state index contributed by atoms with van der Waals surface area (Å²) in [6.07, 6.45) is 0. The normalized spacial score (nSPS) is 11.6. The molecular weight excluding hydrogens is 607 g/mol. The summed E-state index contributed by atoms with van der Waals surface area (Å²) < 4.78 is 8.75. The molecule has 0 aliphatic carbocycles. The summed E-state index contributed by atoms with van der Waals surface area (Å²) in [4.78, 5) is 0. The lowest BCUT2D eigenvalue weighted by atomic mass is 9.98. The van der Waals surface area contributed by atoms with Crippen LogP contribution in [0.4, 0.5) is 0 Å². The van der Waals surface area contributed by atoms with Crippen LogP contribution in [0.15, 0.2) is 192 Å². The van der Waals surface area contributed by atoms with Crippen molar-refractivity contribution < 1.29 is 4.42 Å². The molecule has 0 atom stereocenters. The quantitative estimate of drug-likeness (QED) is 0.188. The van der Waals surface area contributed by atoms with Crippen LogP contribution in [0, 0.1) is 0 Å². The van der Waals surface area contributed by atoms with Gasteiger partial charge in [-0.15, -0.1) is 0 Å². The molecule has 234 valence electrons. The van der Waals surface area contributed by atoms with Crippen LogP contribution < -0.4 is 0 Å². The van der Waals surface area contributed by atoms with E-state index in [1.165, 1.54) is 54.6 Å². The van der Waals surface area contributed by atoms with Gasteiger partial charge in [0.15, 0.2) is 0 Å². The van der Waals surface area contributed by atoms with Crippen molar-refractivity contribution >= 4 is 65.3 Å². The number of rotatable bonds is 3. The molecule has 0 aliphatic rings. The molecular formula is C48H31NO. The fourth-order valence-electron chi connectivity index (χ4n) is 7.68. The van der Waals surface area contributed by atoms with Gasteiger partial charge in [-0.25, -0.2) is 0 Å². The Morgan fingerprint density at radius 3 is 1.26 bits per heavy atom. The molecule has 2 nitrogen and oxygen atoms in total. The maximum atomic E-state index is 6.30. The summed E-state index contributed by atoms with van der Waals surface area (Å²) in [5.41, 5.74) is 9.84. The Bertz CT molecular complexity index is 2820. The molecule has 0 spiro atoms. The zero-order chi connectivity index (χ0) is 33.0. The molecule has 10 rings (SSSR count). The van der Waals surface area contributed by atoms with Crippen molar-refractivity contribution in [2.24, 2.45) is 0 Å². The number of hydrogen-bond acceptors (Lipinski definition) is 1. The van der Waals surface area contributed by atoms with Gasteiger partial charge in [0.1, 0.15) is 11.2 Å². The first-order valence-electron chi connectivity index (χ1n) is 17.1. The molecule has 0 saturated carbocycles. The van der Waals surface area contributed by atoms with Gasteiger partial charge in [0, 0.05) is 27.2 Å². The zero-order valence-corrected chi connectivity index (χ0v) is 27.3. The number of aromatic nitrogens is 1. The lowest BCUT2D eigenvalue weighted by Gasteiger charge is -2.16. The molecule has 0 saturated heterocycles. The molecule has 0 bridgehead atoms. The second kappa shape index (κ2) is 11.5. The molecule has 2 heterocycles. The van der Waals surface area contributed by atoms with E-state index in [0.717, 1.165) is 38.7 Å². The van der Waals surface area contributed by atoms with Gasteiger partial charge in [-0.05, 0) is 92.3 Å². The lowest BCUT2D eigenvalue weighted by molar-refractivity contribution is 0.669. The minimum Gasteiger partial charge on any atom is -0.456 e. The van der Waals surface area contributed by atoms with Crippen molar-refractivity contribution in [3.05, 3.63) is 188 Å². The topological polar surface area (TPSA) is 18.1 Å². The highest BCUT2D eigenvalue weighted by molar-refractivity contribution is 6.20. The standard InChI is InChI=1S/C48H31NO/c1-3-13-32(14-4-1)34-23-26-45-42(29-34)39-19-9-7-17-37(39)38-18-8-10-20-40(38)43-30-35(33-15-5-2-6-16-33)24-27-46(43)49(45)36-25-28-48-44(31-36)41-21-11-12-22-47(41)50-48/h1-31H. The molecule has 0 fully saturated rings. The van der Waals surface area contributed by atoms with E-state index in [1.807, 2.05) is 12.1 Å². The van der Waals surface area contributed by atoms with Crippen LogP contribution in [0.25, 0.3) is 93.2 Å². The molecule has 2 heteroatoms. The van der Waals surface area contributed by atoms with Crippen LogP contribution in [0.3, 0.4) is 0 Å². The van der Waals surface area contributed by atoms with Gasteiger partial charge < -0.3 is 8.98 Å². The van der Waals surface area contributed by atoms with Crippen molar-refractivity contribution in [2.75, 3.05) is 0 Å². The number of furan rings is 1. The Balaban J connectivity index is 1.46. The number of fused-ring (bicyclic) bond motifs is 10. The summed E-state index contributed by atoms with van der Waals surface area (Å²) in [5.74, 6) is 0. The highest BCUT2D eigenvalue weighted by atomic mass is 16.3. The van der Waals surface area contributed by atoms with Crippen LogP contribution in [0.2, 0.25) is 0 Å². The van der Waals surface area contributed by atoms with Crippen LogP contribution in [-0.4, -0.2) is 4.57 Å². The molecule has 0 N–H and O–H groups in total. The molecule has 0 aliphatic heterocycles. The Labute approximate surface area is 289 Å². The minimum absolute atomic E-state index is 0.884. The van der Waals surface area contributed by atoms with Crippen LogP contribution in [0.5, 0.6) is 0 Å². The zero-order valence-electron chi connectivity index (χ0n) is 27.3. The summed E-state index contributed by atoms with van der Waals surface area (Å²) in [7, 11) is 0. The van der Waals surface area contributed by atoms with Gasteiger partial charge in [0.2, 0.25) is 0 Å². The summed E-state index contributed by atoms with van der Waals surface area (Å²) in [6, 6.07) is 67.9. The maximum Gasteiger partial charge on any atom is 0.135 e. The highest BCUT2D eigenvalue weighted by Crippen LogP contribution is 2.38. The Morgan fingerprint density at radius 2 is 0.720 bits per heavy atom. The van der Waals surface area contributed by atoms with Gasteiger partial charge in [0.25, 0.3) is 0 Å². The second-order valence-corrected chi connectivity index (χ2v) is 12.9. The van der Waals surface area contributed by atoms with Crippen molar-refractivity contribution in [1.29, 1.82) is 0 Å². The van der Waals surface area contributed by atoms with E-state index < -0.39 is 0 Å². The van der Waals surface area contributed by atoms with E-state index in [9.17, 15) is 0 Å². The fourth-order valence-corrected chi connectivity index (χ4v) is 7.68. The Kier molecular flexibility index (Phi) is 6.53. The fraction of sp³-hybridized carbons (Fsp3) is 0. The minimum atomic E-state index is 0.884. The van der Waals surface area contributed by atoms with E-state index in [-0.39, 0.29) is 0 Å². The van der Waals surface area contributed by atoms with Crippen LogP contribution >= 0.6 is 0 Å². The molecule has 0 unspecified atom stereocenters. The summed E-state index contributed by atoms with van der Waals surface area (Å²) in [6.45, 7) is 0. The van der Waals surface area contributed by atoms with Crippen molar-refractivity contribution in [2.45, 2.75) is 0 Å². The van der Waals surface area contributed by atoms with E-state index in [2.05, 4.69) is 180 Å². The highest BCUT2D eigenvalue weighted by Gasteiger charge is 2.15. The lowest BCUT2D eigenvalue weighted by Crippen LogP contribution is -1.98.